The molecule has 0 saturated carbocycles. The Hall–Kier alpha value is -3.36. The van der Waals surface area contributed by atoms with E-state index in [0.29, 0.717) is 35.6 Å². The summed E-state index contributed by atoms with van der Waals surface area (Å²) >= 11 is 7.85. The minimum absolute atomic E-state index is 0.0318. The minimum Gasteiger partial charge on any atom is -0.335 e. The van der Waals surface area contributed by atoms with Gasteiger partial charge in [0.05, 0.1) is 40.4 Å². The third-order valence-corrected chi connectivity index (χ3v) is 6.24. The number of thioether (sulfide) groups is 1. The molecule has 0 saturated heterocycles. The normalized spacial score (nSPS) is 10.9. The molecule has 7 nitrogen and oxygen atoms in total. The molecule has 33 heavy (non-hydrogen) atoms. The topological polar surface area (TPSA) is 68.8 Å². The molecule has 0 N–H and O–H groups in total. The Balaban J connectivity index is 1.66. The first-order chi connectivity index (χ1) is 16.1. The van der Waals surface area contributed by atoms with Crippen LogP contribution in [0.15, 0.2) is 85.3 Å². The van der Waals surface area contributed by atoms with E-state index in [1.165, 1.54) is 11.8 Å². The highest BCUT2D eigenvalue weighted by atomic mass is 35.5. The first-order valence-corrected chi connectivity index (χ1v) is 11.7. The van der Waals surface area contributed by atoms with Crippen LogP contribution in [0.4, 0.5) is 0 Å². The van der Waals surface area contributed by atoms with Gasteiger partial charge < -0.3 is 9.47 Å². The number of carbonyl (C=O) groups excluding carboxylic acids is 1. The van der Waals surface area contributed by atoms with E-state index in [1.807, 2.05) is 57.7 Å². The van der Waals surface area contributed by atoms with Crippen LogP contribution in [0.5, 0.6) is 0 Å². The lowest BCUT2D eigenvalue weighted by Gasteiger charge is -2.19. The number of fused-ring (bicyclic) bond motifs is 1. The molecule has 0 aliphatic carbocycles. The standard InChI is InChI=1S/C24H23ClN6OS/c1-3-13-29(14-4-2)23(32)16-33-24-28-27-22(31(24)20-11-7-5-9-18(20)25)15-30-17-26-19-10-6-8-12-21(19)30/h3-12,17H,1-2,13-16H2. The molecular weight excluding hydrogens is 456 g/mol. The number of halogens is 1. The third-order valence-electron chi connectivity index (χ3n) is 5.01. The van der Waals surface area contributed by atoms with Crippen LogP contribution in [0.3, 0.4) is 0 Å². The fourth-order valence-corrected chi connectivity index (χ4v) is 4.55. The summed E-state index contributed by atoms with van der Waals surface area (Å²) in [4.78, 5) is 18.9. The molecule has 0 bridgehead atoms. The number of benzene rings is 2. The van der Waals surface area contributed by atoms with Crippen molar-refractivity contribution >= 4 is 40.3 Å². The Morgan fingerprint density at radius 3 is 2.55 bits per heavy atom. The van der Waals surface area contributed by atoms with Gasteiger partial charge in [-0.1, -0.05) is 59.8 Å². The molecule has 4 aromatic rings. The molecule has 0 spiro atoms. The summed E-state index contributed by atoms with van der Waals surface area (Å²) in [5.41, 5.74) is 2.67. The smallest absolute Gasteiger partial charge is 0.233 e. The van der Waals surface area contributed by atoms with Crippen molar-refractivity contribution in [2.45, 2.75) is 11.7 Å². The molecular formula is C24H23ClN6OS. The number of amides is 1. The summed E-state index contributed by atoms with van der Waals surface area (Å²) in [6.45, 7) is 8.82. The average molecular weight is 479 g/mol. The van der Waals surface area contributed by atoms with Gasteiger partial charge in [-0.05, 0) is 24.3 Å². The molecule has 168 valence electrons. The van der Waals surface area contributed by atoms with Crippen molar-refractivity contribution in [2.75, 3.05) is 18.8 Å². The van der Waals surface area contributed by atoms with Gasteiger partial charge in [0, 0.05) is 13.1 Å². The summed E-state index contributed by atoms with van der Waals surface area (Å²) in [6.07, 6.45) is 5.19. The van der Waals surface area contributed by atoms with E-state index in [1.54, 1.807) is 23.4 Å². The van der Waals surface area contributed by atoms with Crippen LogP contribution in [0.1, 0.15) is 5.82 Å². The highest BCUT2D eigenvalue weighted by Gasteiger charge is 2.20. The molecule has 0 radical (unpaired) electrons. The molecule has 2 heterocycles. The predicted molar refractivity (Wildman–Crippen MR) is 133 cm³/mol. The van der Waals surface area contributed by atoms with E-state index >= 15 is 0 Å². The Morgan fingerprint density at radius 1 is 1.06 bits per heavy atom. The highest BCUT2D eigenvalue weighted by molar-refractivity contribution is 7.99. The maximum atomic E-state index is 12.7. The molecule has 1 amide bonds. The maximum Gasteiger partial charge on any atom is 0.233 e. The van der Waals surface area contributed by atoms with E-state index in [0.717, 1.165) is 16.7 Å². The van der Waals surface area contributed by atoms with Gasteiger partial charge in [0.25, 0.3) is 0 Å². The van der Waals surface area contributed by atoms with Crippen molar-refractivity contribution in [3.63, 3.8) is 0 Å². The lowest BCUT2D eigenvalue weighted by Crippen LogP contribution is -2.32. The second-order valence-electron chi connectivity index (χ2n) is 7.21. The van der Waals surface area contributed by atoms with Crippen LogP contribution in [-0.2, 0) is 11.3 Å². The Kier molecular flexibility index (Phi) is 7.26. The lowest BCUT2D eigenvalue weighted by molar-refractivity contribution is -0.127. The number of carbonyl (C=O) groups is 1. The Bertz CT molecular complexity index is 1290. The van der Waals surface area contributed by atoms with E-state index in [-0.39, 0.29) is 11.7 Å². The third kappa shape index (κ3) is 5.02. The Labute approximate surface area is 201 Å². The van der Waals surface area contributed by atoms with E-state index in [9.17, 15) is 4.79 Å². The molecule has 0 aliphatic rings. The zero-order valence-corrected chi connectivity index (χ0v) is 19.5. The summed E-state index contributed by atoms with van der Waals surface area (Å²) in [5, 5.41) is 9.99. The summed E-state index contributed by atoms with van der Waals surface area (Å²) in [7, 11) is 0. The van der Waals surface area contributed by atoms with Crippen molar-refractivity contribution in [3.05, 3.63) is 91.0 Å². The monoisotopic (exact) mass is 478 g/mol. The minimum atomic E-state index is -0.0318. The van der Waals surface area contributed by atoms with Crippen molar-refractivity contribution in [2.24, 2.45) is 0 Å². The number of para-hydroxylation sites is 3. The van der Waals surface area contributed by atoms with Gasteiger partial charge in [0.2, 0.25) is 5.91 Å². The van der Waals surface area contributed by atoms with Crippen molar-refractivity contribution in [3.8, 4) is 5.69 Å². The van der Waals surface area contributed by atoms with Crippen molar-refractivity contribution < 1.29 is 4.79 Å². The first kappa shape index (κ1) is 22.8. The van der Waals surface area contributed by atoms with Crippen LogP contribution in [-0.4, -0.2) is 54.0 Å². The van der Waals surface area contributed by atoms with Crippen LogP contribution in [0, 0.1) is 0 Å². The van der Waals surface area contributed by atoms with Crippen LogP contribution < -0.4 is 0 Å². The van der Waals surface area contributed by atoms with Gasteiger partial charge in [0.15, 0.2) is 11.0 Å². The van der Waals surface area contributed by atoms with Gasteiger partial charge in [-0.25, -0.2) is 4.98 Å². The molecule has 0 fully saturated rings. The number of aromatic nitrogens is 5. The van der Waals surface area contributed by atoms with Crippen molar-refractivity contribution in [1.29, 1.82) is 0 Å². The molecule has 9 heteroatoms. The van der Waals surface area contributed by atoms with E-state index < -0.39 is 0 Å². The largest absolute Gasteiger partial charge is 0.335 e. The number of rotatable bonds is 10. The number of hydrogen-bond acceptors (Lipinski definition) is 5. The van der Waals surface area contributed by atoms with E-state index in [4.69, 9.17) is 11.6 Å². The fourth-order valence-electron chi connectivity index (χ4n) is 3.47. The van der Waals surface area contributed by atoms with Crippen LogP contribution in [0.2, 0.25) is 5.02 Å². The average Bonchev–Trinajstić information content (AvgIpc) is 3.42. The molecule has 0 unspecified atom stereocenters. The predicted octanol–water partition coefficient (Wildman–Crippen LogP) is 4.61. The number of imidazole rings is 1. The molecule has 2 aromatic heterocycles. The van der Waals surface area contributed by atoms with Gasteiger partial charge in [-0.2, -0.15) is 0 Å². The van der Waals surface area contributed by atoms with Gasteiger partial charge in [-0.15, -0.1) is 23.4 Å². The van der Waals surface area contributed by atoms with Crippen LogP contribution in [0.25, 0.3) is 16.7 Å². The number of nitrogens with zero attached hydrogens (tertiary/aromatic N) is 6. The number of hydrogen-bond donors (Lipinski definition) is 0. The second-order valence-corrected chi connectivity index (χ2v) is 8.56. The van der Waals surface area contributed by atoms with Gasteiger partial charge in [0.1, 0.15) is 0 Å². The van der Waals surface area contributed by atoms with Gasteiger partial charge in [-0.3, -0.25) is 9.36 Å². The van der Waals surface area contributed by atoms with Gasteiger partial charge >= 0.3 is 0 Å². The molecule has 2 aromatic carbocycles. The zero-order valence-electron chi connectivity index (χ0n) is 18.0. The second kappa shape index (κ2) is 10.5. The molecule has 4 rings (SSSR count). The quantitative estimate of drug-likeness (QED) is 0.246. The highest BCUT2D eigenvalue weighted by Crippen LogP contribution is 2.28. The summed E-state index contributed by atoms with van der Waals surface area (Å²) in [6, 6.07) is 15.4. The van der Waals surface area contributed by atoms with Crippen molar-refractivity contribution in [1.82, 2.24) is 29.2 Å². The first-order valence-electron chi connectivity index (χ1n) is 10.3. The Morgan fingerprint density at radius 2 is 1.79 bits per heavy atom. The SMILES string of the molecule is C=CCN(CC=C)C(=O)CSc1nnc(Cn2cnc3ccccc32)n1-c1ccccc1Cl. The maximum absolute atomic E-state index is 12.7. The zero-order chi connectivity index (χ0) is 23.2. The molecule has 0 atom stereocenters. The van der Waals surface area contributed by atoms with Crippen LogP contribution >= 0.6 is 23.4 Å². The lowest BCUT2D eigenvalue weighted by atomic mass is 10.3. The molecule has 0 aliphatic heterocycles. The summed E-state index contributed by atoms with van der Waals surface area (Å²) < 4.78 is 3.92. The fraction of sp³-hybridized carbons (Fsp3) is 0.167. The van der Waals surface area contributed by atoms with E-state index in [2.05, 4.69) is 28.3 Å². The summed E-state index contributed by atoms with van der Waals surface area (Å²) in [5.74, 6) is 0.865.